The summed E-state index contributed by atoms with van der Waals surface area (Å²) in [6.07, 6.45) is 2.02. The highest BCUT2D eigenvalue weighted by atomic mass is 32.1. The van der Waals surface area contributed by atoms with E-state index in [1.54, 1.807) is 11.3 Å². The van der Waals surface area contributed by atoms with Crippen molar-refractivity contribution in [3.8, 4) is 0 Å². The summed E-state index contributed by atoms with van der Waals surface area (Å²) in [5.41, 5.74) is 9.55. The van der Waals surface area contributed by atoms with Gasteiger partial charge in [0.2, 0.25) is 0 Å². The van der Waals surface area contributed by atoms with Crippen LogP contribution in [0.2, 0.25) is 0 Å². The van der Waals surface area contributed by atoms with Gasteiger partial charge >= 0.3 is 0 Å². The van der Waals surface area contributed by atoms with Crippen LogP contribution < -0.4 is 10.6 Å². The molecule has 0 saturated carbocycles. The van der Waals surface area contributed by atoms with E-state index in [4.69, 9.17) is 5.73 Å². The van der Waals surface area contributed by atoms with Crippen LogP contribution >= 0.6 is 11.3 Å². The molecule has 3 rings (SSSR count). The summed E-state index contributed by atoms with van der Waals surface area (Å²) in [7, 11) is 0. The third-order valence-corrected chi connectivity index (χ3v) is 4.60. The second-order valence-electron chi connectivity index (χ2n) is 5.08. The number of fused-ring (bicyclic) bond motifs is 1. The average molecular weight is 273 g/mol. The standard InChI is InChI=1S/C15H19N3S/c1-11-8-12-4-2-3-5-14(12)18(11)9-13-10-19-15(17-13)6-7-16/h2-5,10-11H,6-9,16H2,1H3. The summed E-state index contributed by atoms with van der Waals surface area (Å²) in [5.74, 6) is 0. The molecule has 19 heavy (non-hydrogen) atoms. The molecular formula is C15H19N3S. The van der Waals surface area contributed by atoms with Crippen molar-refractivity contribution < 1.29 is 0 Å². The van der Waals surface area contributed by atoms with Gasteiger partial charge in [0.25, 0.3) is 0 Å². The van der Waals surface area contributed by atoms with Crippen LogP contribution in [0.25, 0.3) is 0 Å². The first-order valence-electron chi connectivity index (χ1n) is 6.76. The minimum absolute atomic E-state index is 0.553. The molecule has 3 nitrogen and oxygen atoms in total. The van der Waals surface area contributed by atoms with E-state index in [1.165, 1.54) is 11.3 Å². The predicted molar refractivity (Wildman–Crippen MR) is 80.7 cm³/mol. The molecule has 1 aromatic heterocycles. The summed E-state index contributed by atoms with van der Waals surface area (Å²) in [5, 5.41) is 3.32. The summed E-state index contributed by atoms with van der Waals surface area (Å²) in [6.45, 7) is 3.86. The van der Waals surface area contributed by atoms with Crippen LogP contribution in [0.3, 0.4) is 0 Å². The molecule has 0 aliphatic carbocycles. The molecule has 0 bridgehead atoms. The third-order valence-electron chi connectivity index (χ3n) is 3.64. The van der Waals surface area contributed by atoms with Crippen LogP contribution in [0, 0.1) is 0 Å². The van der Waals surface area contributed by atoms with Gasteiger partial charge in [-0.25, -0.2) is 4.98 Å². The Balaban J connectivity index is 1.79. The largest absolute Gasteiger partial charge is 0.362 e. The van der Waals surface area contributed by atoms with E-state index in [1.807, 2.05) is 0 Å². The van der Waals surface area contributed by atoms with Crippen molar-refractivity contribution in [1.29, 1.82) is 0 Å². The number of rotatable bonds is 4. The Morgan fingerprint density at radius 1 is 1.42 bits per heavy atom. The summed E-state index contributed by atoms with van der Waals surface area (Å²) < 4.78 is 0. The van der Waals surface area contributed by atoms with Gasteiger partial charge in [0.1, 0.15) is 0 Å². The Hall–Kier alpha value is -1.39. The van der Waals surface area contributed by atoms with E-state index in [2.05, 4.69) is 46.5 Å². The van der Waals surface area contributed by atoms with Crippen molar-refractivity contribution in [2.24, 2.45) is 5.73 Å². The molecule has 0 radical (unpaired) electrons. The molecule has 0 amide bonds. The number of nitrogens with two attached hydrogens (primary N) is 1. The zero-order valence-corrected chi connectivity index (χ0v) is 12.0. The van der Waals surface area contributed by atoms with Crippen LogP contribution in [-0.2, 0) is 19.4 Å². The smallest absolute Gasteiger partial charge is 0.0941 e. The lowest BCUT2D eigenvalue weighted by Crippen LogP contribution is -2.28. The van der Waals surface area contributed by atoms with E-state index in [-0.39, 0.29) is 0 Å². The van der Waals surface area contributed by atoms with Gasteiger partial charge in [0.05, 0.1) is 17.2 Å². The number of hydrogen-bond donors (Lipinski definition) is 1. The minimum Gasteiger partial charge on any atom is -0.362 e. The summed E-state index contributed by atoms with van der Waals surface area (Å²) in [6, 6.07) is 9.23. The Labute approximate surface area is 118 Å². The van der Waals surface area contributed by atoms with Gasteiger partial charge in [-0.15, -0.1) is 11.3 Å². The first kappa shape index (κ1) is 12.6. The van der Waals surface area contributed by atoms with E-state index in [0.29, 0.717) is 12.6 Å². The normalized spacial score (nSPS) is 17.8. The maximum atomic E-state index is 5.57. The van der Waals surface area contributed by atoms with E-state index < -0.39 is 0 Å². The molecule has 2 N–H and O–H groups in total. The quantitative estimate of drug-likeness (QED) is 0.931. The SMILES string of the molecule is CC1Cc2ccccc2N1Cc1csc(CCN)n1. The Morgan fingerprint density at radius 2 is 2.26 bits per heavy atom. The highest BCUT2D eigenvalue weighted by molar-refractivity contribution is 7.09. The second kappa shape index (κ2) is 5.31. The monoisotopic (exact) mass is 273 g/mol. The van der Waals surface area contributed by atoms with Crippen LogP contribution in [0.5, 0.6) is 0 Å². The lowest BCUT2D eigenvalue weighted by Gasteiger charge is -2.23. The summed E-state index contributed by atoms with van der Waals surface area (Å²) >= 11 is 1.72. The molecule has 1 unspecified atom stereocenters. The summed E-state index contributed by atoms with van der Waals surface area (Å²) in [4.78, 5) is 7.12. The van der Waals surface area contributed by atoms with Gasteiger partial charge in [-0.3, -0.25) is 0 Å². The number of aromatic nitrogens is 1. The van der Waals surface area contributed by atoms with E-state index >= 15 is 0 Å². The second-order valence-corrected chi connectivity index (χ2v) is 6.02. The van der Waals surface area contributed by atoms with Crippen LogP contribution in [-0.4, -0.2) is 17.6 Å². The minimum atomic E-state index is 0.553. The zero-order valence-electron chi connectivity index (χ0n) is 11.2. The van der Waals surface area contributed by atoms with Crippen LogP contribution in [0.15, 0.2) is 29.6 Å². The lowest BCUT2D eigenvalue weighted by molar-refractivity contribution is 0.665. The van der Waals surface area contributed by atoms with Gasteiger partial charge in [-0.1, -0.05) is 18.2 Å². The fraction of sp³-hybridized carbons (Fsp3) is 0.400. The van der Waals surface area contributed by atoms with E-state index in [9.17, 15) is 0 Å². The Bertz CT molecular complexity index is 564. The molecule has 4 heteroatoms. The molecule has 1 aliphatic heterocycles. The van der Waals surface area contributed by atoms with Crippen molar-refractivity contribution in [3.05, 3.63) is 45.9 Å². The van der Waals surface area contributed by atoms with Gasteiger partial charge < -0.3 is 10.6 Å². The topological polar surface area (TPSA) is 42.1 Å². The fourth-order valence-corrected chi connectivity index (χ4v) is 3.51. The Kier molecular flexibility index (Phi) is 3.53. The molecule has 100 valence electrons. The first-order chi connectivity index (χ1) is 9.28. The maximum Gasteiger partial charge on any atom is 0.0941 e. The number of anilines is 1. The van der Waals surface area contributed by atoms with Crippen molar-refractivity contribution >= 4 is 17.0 Å². The van der Waals surface area contributed by atoms with E-state index in [0.717, 1.165) is 30.1 Å². The van der Waals surface area contributed by atoms with Crippen molar-refractivity contribution in [2.75, 3.05) is 11.4 Å². The fourth-order valence-electron chi connectivity index (χ4n) is 2.70. The molecule has 1 aliphatic rings. The van der Waals surface area contributed by atoms with Gasteiger partial charge in [-0.05, 0) is 31.5 Å². The van der Waals surface area contributed by atoms with Crippen molar-refractivity contribution in [1.82, 2.24) is 4.98 Å². The highest BCUT2D eigenvalue weighted by Gasteiger charge is 2.25. The number of thiazole rings is 1. The van der Waals surface area contributed by atoms with Gasteiger partial charge in [0.15, 0.2) is 0 Å². The average Bonchev–Trinajstić information content (AvgIpc) is 2.96. The number of hydrogen-bond acceptors (Lipinski definition) is 4. The predicted octanol–water partition coefficient (Wildman–Crippen LogP) is 2.60. The van der Waals surface area contributed by atoms with Crippen LogP contribution in [0.4, 0.5) is 5.69 Å². The number of para-hydroxylation sites is 1. The number of nitrogens with zero attached hydrogens (tertiary/aromatic N) is 2. The first-order valence-corrected chi connectivity index (χ1v) is 7.64. The zero-order chi connectivity index (χ0) is 13.2. The van der Waals surface area contributed by atoms with Crippen molar-refractivity contribution in [3.63, 3.8) is 0 Å². The molecular weight excluding hydrogens is 254 g/mol. The van der Waals surface area contributed by atoms with Crippen molar-refractivity contribution in [2.45, 2.75) is 32.4 Å². The molecule has 2 aromatic rings. The molecule has 0 fully saturated rings. The van der Waals surface area contributed by atoms with Crippen LogP contribution in [0.1, 0.15) is 23.2 Å². The molecule has 0 saturated heterocycles. The Morgan fingerprint density at radius 3 is 3.11 bits per heavy atom. The molecule has 2 heterocycles. The lowest BCUT2D eigenvalue weighted by atomic mass is 10.1. The maximum absolute atomic E-state index is 5.57. The molecule has 0 spiro atoms. The van der Waals surface area contributed by atoms with Gasteiger partial charge in [0, 0.05) is 23.5 Å². The third kappa shape index (κ3) is 2.51. The molecule has 1 aromatic carbocycles. The number of benzene rings is 1. The highest BCUT2D eigenvalue weighted by Crippen LogP contribution is 2.33. The molecule has 1 atom stereocenters. The van der Waals surface area contributed by atoms with Gasteiger partial charge in [-0.2, -0.15) is 0 Å².